The first-order chi connectivity index (χ1) is 19.5. The number of carboxylic acid groups (broad SMARTS) is 1. The Balaban J connectivity index is 1.40. The number of aryl methyl sites for hydroxylation is 5. The molecule has 0 aliphatic heterocycles. The molecule has 0 spiro atoms. The number of sulfonamides is 1. The van der Waals surface area contributed by atoms with Gasteiger partial charge in [0.1, 0.15) is 11.9 Å². The van der Waals surface area contributed by atoms with Crippen molar-refractivity contribution < 1.29 is 23.1 Å². The molecule has 2 aromatic carbocycles. The Kier molecular flexibility index (Phi) is 9.04. The number of aliphatic carboxylic acids is 1. The Morgan fingerprint density at radius 3 is 2.44 bits per heavy atom. The average molecular weight is 579 g/mol. The van der Waals surface area contributed by atoms with Crippen LogP contribution in [-0.4, -0.2) is 59.3 Å². The molecule has 0 saturated carbocycles. The number of nitrogens with zero attached hydrogens (tertiary/aromatic N) is 3. The standard InChI is InChI=1S/C29H34N6O5S/c1-18-14-19(2)27(20(3)15-18)41(39,40)34-24(29(37)38)17-32-28(36)21-10-11-22-23(33-35(4)25(22)16-21)8-7-13-31-26-9-5-6-12-30-26/h5-6,9-12,14-16,24,34H,7-8,13,17H2,1-4H3,(H,30,31)(H,32,36)(H,37,38). The Labute approximate surface area is 239 Å². The molecule has 1 atom stereocenters. The molecule has 2 heterocycles. The summed E-state index contributed by atoms with van der Waals surface area (Å²) in [5.74, 6) is -1.12. The fourth-order valence-corrected chi connectivity index (χ4v) is 6.55. The van der Waals surface area contributed by atoms with E-state index in [-0.39, 0.29) is 4.90 Å². The average Bonchev–Trinajstić information content (AvgIpc) is 3.23. The lowest BCUT2D eigenvalue weighted by Gasteiger charge is -2.18. The molecule has 0 fully saturated rings. The highest BCUT2D eigenvalue weighted by molar-refractivity contribution is 7.89. The minimum absolute atomic E-state index is 0.0330. The number of benzene rings is 2. The van der Waals surface area contributed by atoms with E-state index >= 15 is 0 Å². The number of fused-ring (bicyclic) bond motifs is 1. The van der Waals surface area contributed by atoms with E-state index < -0.39 is 34.5 Å². The highest BCUT2D eigenvalue weighted by atomic mass is 32.2. The zero-order valence-electron chi connectivity index (χ0n) is 23.4. The normalized spacial score (nSPS) is 12.3. The van der Waals surface area contributed by atoms with Crippen molar-refractivity contribution in [2.24, 2.45) is 7.05 Å². The first-order valence-corrected chi connectivity index (χ1v) is 14.7. The molecule has 4 rings (SSSR count). The van der Waals surface area contributed by atoms with Gasteiger partial charge in [-0.3, -0.25) is 14.3 Å². The highest BCUT2D eigenvalue weighted by Crippen LogP contribution is 2.23. The summed E-state index contributed by atoms with van der Waals surface area (Å²) in [5.41, 5.74) is 3.88. The van der Waals surface area contributed by atoms with Gasteiger partial charge < -0.3 is 15.7 Å². The van der Waals surface area contributed by atoms with Gasteiger partial charge in [-0.15, -0.1) is 0 Å². The SMILES string of the molecule is Cc1cc(C)c(S(=O)(=O)NC(CNC(=O)c2ccc3c(CCCNc4ccccn4)nn(C)c3c2)C(=O)O)c(C)c1. The molecule has 4 N–H and O–H groups in total. The molecule has 0 radical (unpaired) electrons. The molecule has 41 heavy (non-hydrogen) atoms. The minimum atomic E-state index is -4.15. The van der Waals surface area contributed by atoms with Crippen LogP contribution in [0.15, 0.2) is 59.6 Å². The number of anilines is 1. The summed E-state index contributed by atoms with van der Waals surface area (Å²) in [7, 11) is -2.36. The van der Waals surface area contributed by atoms with E-state index in [1.54, 1.807) is 56.0 Å². The van der Waals surface area contributed by atoms with Gasteiger partial charge in [-0.1, -0.05) is 29.8 Å². The van der Waals surface area contributed by atoms with Crippen molar-refractivity contribution in [2.75, 3.05) is 18.4 Å². The minimum Gasteiger partial charge on any atom is -0.480 e. The number of carbonyl (C=O) groups is 2. The summed E-state index contributed by atoms with van der Waals surface area (Å²) < 4.78 is 30.1. The predicted molar refractivity (Wildman–Crippen MR) is 156 cm³/mol. The molecule has 4 aromatic rings. The summed E-state index contributed by atoms with van der Waals surface area (Å²) in [6.45, 7) is 5.46. The summed E-state index contributed by atoms with van der Waals surface area (Å²) >= 11 is 0. The van der Waals surface area contributed by atoms with Crippen LogP contribution in [0, 0.1) is 20.8 Å². The third kappa shape index (κ3) is 7.08. The van der Waals surface area contributed by atoms with Crippen molar-refractivity contribution in [2.45, 2.75) is 44.6 Å². The number of carbonyl (C=O) groups excluding carboxylic acids is 1. The van der Waals surface area contributed by atoms with Gasteiger partial charge in [0.2, 0.25) is 10.0 Å². The van der Waals surface area contributed by atoms with Gasteiger partial charge in [0.25, 0.3) is 5.91 Å². The van der Waals surface area contributed by atoms with Crippen LogP contribution in [0.5, 0.6) is 0 Å². The molecule has 0 saturated heterocycles. The number of hydrogen-bond acceptors (Lipinski definition) is 7. The van der Waals surface area contributed by atoms with Gasteiger partial charge >= 0.3 is 5.97 Å². The molecule has 0 aliphatic carbocycles. The largest absolute Gasteiger partial charge is 0.480 e. The maximum atomic E-state index is 13.1. The number of hydrogen-bond donors (Lipinski definition) is 4. The van der Waals surface area contributed by atoms with E-state index in [0.29, 0.717) is 16.7 Å². The van der Waals surface area contributed by atoms with Gasteiger partial charge in [-0.25, -0.2) is 13.4 Å². The fourth-order valence-electron chi connectivity index (χ4n) is 4.91. The second-order valence-corrected chi connectivity index (χ2v) is 11.6. The second-order valence-electron chi connectivity index (χ2n) is 10.00. The highest BCUT2D eigenvalue weighted by Gasteiger charge is 2.28. The first-order valence-electron chi connectivity index (χ1n) is 13.2. The molecule has 2 aromatic heterocycles. The van der Waals surface area contributed by atoms with E-state index in [0.717, 1.165) is 47.4 Å². The molecule has 11 nitrogen and oxygen atoms in total. The zero-order valence-corrected chi connectivity index (χ0v) is 24.2. The molecule has 1 amide bonds. The quantitative estimate of drug-likeness (QED) is 0.187. The lowest BCUT2D eigenvalue weighted by atomic mass is 10.1. The van der Waals surface area contributed by atoms with Crippen LogP contribution in [0.1, 0.15) is 39.2 Å². The molecule has 0 bridgehead atoms. The summed E-state index contributed by atoms with van der Waals surface area (Å²) in [6.07, 6.45) is 3.29. The van der Waals surface area contributed by atoms with Gasteiger partial charge in [0.05, 0.1) is 16.1 Å². The topological polar surface area (TPSA) is 155 Å². The molecule has 1 unspecified atom stereocenters. The van der Waals surface area contributed by atoms with Crippen molar-refractivity contribution in [1.82, 2.24) is 24.8 Å². The first kappa shape index (κ1) is 29.7. The van der Waals surface area contributed by atoms with Gasteiger partial charge in [0, 0.05) is 37.3 Å². The van der Waals surface area contributed by atoms with Crippen LogP contribution in [0.3, 0.4) is 0 Å². The number of aromatic nitrogens is 3. The van der Waals surface area contributed by atoms with Crippen molar-refractivity contribution in [1.29, 1.82) is 0 Å². The number of rotatable bonds is 12. The van der Waals surface area contributed by atoms with Crippen molar-refractivity contribution in [3.63, 3.8) is 0 Å². The lowest BCUT2D eigenvalue weighted by molar-refractivity contribution is -0.138. The number of amides is 1. The molecule has 12 heteroatoms. The van der Waals surface area contributed by atoms with Crippen LogP contribution in [-0.2, 0) is 28.3 Å². The van der Waals surface area contributed by atoms with E-state index in [9.17, 15) is 23.1 Å². The Bertz CT molecular complexity index is 1660. The van der Waals surface area contributed by atoms with Crippen molar-refractivity contribution in [3.05, 3.63) is 82.7 Å². The van der Waals surface area contributed by atoms with E-state index in [1.165, 1.54) is 0 Å². The summed E-state index contributed by atoms with van der Waals surface area (Å²) in [5, 5.41) is 21.0. The van der Waals surface area contributed by atoms with E-state index in [1.807, 2.05) is 31.2 Å². The monoisotopic (exact) mass is 578 g/mol. The summed E-state index contributed by atoms with van der Waals surface area (Å²) in [4.78, 5) is 29.1. The van der Waals surface area contributed by atoms with Crippen molar-refractivity contribution in [3.8, 4) is 0 Å². The maximum Gasteiger partial charge on any atom is 0.323 e. The molecular weight excluding hydrogens is 544 g/mol. The van der Waals surface area contributed by atoms with Gasteiger partial charge in [-0.2, -0.15) is 9.82 Å². The predicted octanol–water partition coefficient (Wildman–Crippen LogP) is 3.10. The smallest absolute Gasteiger partial charge is 0.323 e. The van der Waals surface area contributed by atoms with E-state index in [4.69, 9.17) is 0 Å². The van der Waals surface area contributed by atoms with Crippen LogP contribution in [0.2, 0.25) is 0 Å². The van der Waals surface area contributed by atoms with Crippen LogP contribution in [0.25, 0.3) is 10.9 Å². The van der Waals surface area contributed by atoms with Gasteiger partial charge in [-0.05, 0) is 69.0 Å². The third-order valence-corrected chi connectivity index (χ3v) is 8.46. The second kappa shape index (κ2) is 12.5. The zero-order chi connectivity index (χ0) is 29.7. The van der Waals surface area contributed by atoms with Crippen LogP contribution < -0.4 is 15.4 Å². The Morgan fingerprint density at radius 2 is 1.78 bits per heavy atom. The van der Waals surface area contributed by atoms with Gasteiger partial charge in [0.15, 0.2) is 0 Å². The van der Waals surface area contributed by atoms with Crippen molar-refractivity contribution >= 4 is 38.6 Å². The third-order valence-electron chi connectivity index (χ3n) is 6.69. The Hall–Kier alpha value is -4.29. The number of nitrogens with one attached hydrogen (secondary N) is 3. The number of carboxylic acids is 1. The van der Waals surface area contributed by atoms with Crippen LogP contribution in [0.4, 0.5) is 5.82 Å². The lowest BCUT2D eigenvalue weighted by Crippen LogP contribution is -2.48. The molecular formula is C29H34N6O5S. The summed E-state index contributed by atoms with van der Waals surface area (Å²) in [6, 6.07) is 12.7. The van der Waals surface area contributed by atoms with Crippen LogP contribution >= 0.6 is 0 Å². The fraction of sp³-hybridized carbons (Fsp3) is 0.310. The molecule has 0 aliphatic rings. The Morgan fingerprint density at radius 1 is 1.05 bits per heavy atom. The maximum absolute atomic E-state index is 13.1. The van der Waals surface area contributed by atoms with E-state index in [2.05, 4.69) is 25.4 Å². The molecule has 216 valence electrons. The number of pyridine rings is 1.